The number of benzene rings is 2. The first-order chi connectivity index (χ1) is 13.7. The van der Waals surface area contributed by atoms with Gasteiger partial charge in [-0.2, -0.15) is 5.26 Å². The summed E-state index contributed by atoms with van der Waals surface area (Å²) in [7, 11) is 0. The lowest BCUT2D eigenvalue weighted by molar-refractivity contribution is -0.144. The van der Waals surface area contributed by atoms with Crippen molar-refractivity contribution in [2.45, 2.75) is 38.0 Å². The molecular formula is C23H23NO4. The van der Waals surface area contributed by atoms with E-state index in [-0.39, 0.29) is 19.0 Å². The highest BCUT2D eigenvalue weighted by Gasteiger charge is 2.16. The number of ketones is 1. The normalized spacial score (nSPS) is 14.1. The van der Waals surface area contributed by atoms with E-state index in [2.05, 4.69) is 0 Å². The van der Waals surface area contributed by atoms with Crippen LogP contribution in [0.2, 0.25) is 0 Å². The van der Waals surface area contributed by atoms with E-state index >= 15 is 0 Å². The zero-order valence-corrected chi connectivity index (χ0v) is 15.7. The Morgan fingerprint density at radius 3 is 2.39 bits per heavy atom. The number of esters is 1. The fraction of sp³-hybridized carbons (Fsp3) is 0.348. The van der Waals surface area contributed by atoms with Gasteiger partial charge >= 0.3 is 5.97 Å². The van der Waals surface area contributed by atoms with Gasteiger partial charge in [0.25, 0.3) is 0 Å². The molecular weight excluding hydrogens is 354 g/mol. The van der Waals surface area contributed by atoms with Crippen LogP contribution in [0, 0.1) is 11.3 Å². The minimum atomic E-state index is -0.653. The number of hydrogen-bond acceptors (Lipinski definition) is 5. The molecule has 0 aromatic heterocycles. The minimum Gasteiger partial charge on any atom is -0.481 e. The Morgan fingerprint density at radius 2 is 1.68 bits per heavy atom. The van der Waals surface area contributed by atoms with Crippen LogP contribution in [0.25, 0.3) is 0 Å². The molecule has 0 aliphatic heterocycles. The summed E-state index contributed by atoms with van der Waals surface area (Å²) in [4.78, 5) is 24.1. The highest BCUT2D eigenvalue weighted by atomic mass is 16.6. The first-order valence-corrected chi connectivity index (χ1v) is 9.58. The lowest BCUT2D eigenvalue weighted by atomic mass is 9.84. The van der Waals surface area contributed by atoms with E-state index in [1.54, 1.807) is 36.4 Å². The van der Waals surface area contributed by atoms with Gasteiger partial charge in [0.15, 0.2) is 19.0 Å². The van der Waals surface area contributed by atoms with Crippen molar-refractivity contribution >= 4 is 11.8 Å². The molecule has 0 atom stereocenters. The van der Waals surface area contributed by atoms with Gasteiger partial charge in [0.05, 0.1) is 5.56 Å². The largest absolute Gasteiger partial charge is 0.481 e. The van der Waals surface area contributed by atoms with Crippen LogP contribution in [0.1, 0.15) is 59.5 Å². The maximum atomic E-state index is 12.3. The molecule has 0 saturated heterocycles. The van der Waals surface area contributed by atoms with E-state index in [4.69, 9.17) is 14.7 Å². The van der Waals surface area contributed by atoms with Gasteiger partial charge in [0.1, 0.15) is 11.8 Å². The highest BCUT2D eigenvalue weighted by Crippen LogP contribution is 2.32. The van der Waals surface area contributed by atoms with Gasteiger partial charge < -0.3 is 9.47 Å². The average molecular weight is 377 g/mol. The van der Waals surface area contributed by atoms with E-state index in [9.17, 15) is 9.59 Å². The topological polar surface area (TPSA) is 76.4 Å². The number of carbonyl (C=O) groups is 2. The highest BCUT2D eigenvalue weighted by molar-refractivity contribution is 5.98. The van der Waals surface area contributed by atoms with Crippen LogP contribution in [0.5, 0.6) is 5.75 Å². The molecule has 1 aliphatic rings. The molecule has 1 aliphatic carbocycles. The van der Waals surface area contributed by atoms with Crippen molar-refractivity contribution < 1.29 is 19.1 Å². The molecule has 5 nitrogen and oxygen atoms in total. The Labute approximate surface area is 164 Å². The Morgan fingerprint density at radius 1 is 0.964 bits per heavy atom. The molecule has 0 radical (unpaired) electrons. The van der Waals surface area contributed by atoms with Gasteiger partial charge in [-0.25, -0.2) is 4.79 Å². The van der Waals surface area contributed by atoms with Crippen LogP contribution in [0.4, 0.5) is 0 Å². The molecule has 1 saturated carbocycles. The molecule has 0 unspecified atom stereocenters. The molecule has 0 bridgehead atoms. The summed E-state index contributed by atoms with van der Waals surface area (Å²) in [5, 5.41) is 9.00. The maximum absolute atomic E-state index is 12.3. The molecule has 144 valence electrons. The second-order valence-electron chi connectivity index (χ2n) is 6.94. The van der Waals surface area contributed by atoms with E-state index in [1.807, 2.05) is 18.2 Å². The lowest BCUT2D eigenvalue weighted by Crippen LogP contribution is -2.19. The van der Waals surface area contributed by atoms with Gasteiger partial charge in [-0.1, -0.05) is 55.7 Å². The van der Waals surface area contributed by atoms with Crippen molar-refractivity contribution in [3.05, 3.63) is 65.2 Å². The summed E-state index contributed by atoms with van der Waals surface area (Å²) in [5.41, 5.74) is 2.14. The second-order valence-corrected chi connectivity index (χ2v) is 6.94. The predicted octanol–water partition coefficient (Wildman–Crippen LogP) is 4.41. The van der Waals surface area contributed by atoms with Crippen molar-refractivity contribution in [2.24, 2.45) is 0 Å². The second kappa shape index (κ2) is 9.70. The molecule has 1 fully saturated rings. The van der Waals surface area contributed by atoms with Crippen molar-refractivity contribution in [3.8, 4) is 11.8 Å². The van der Waals surface area contributed by atoms with Crippen molar-refractivity contribution in [3.63, 3.8) is 0 Å². The Kier molecular flexibility index (Phi) is 6.80. The molecule has 0 spiro atoms. The smallest absolute Gasteiger partial charge is 0.344 e. The number of nitrogens with zero attached hydrogens (tertiary/aromatic N) is 1. The number of carbonyl (C=O) groups excluding carboxylic acids is 2. The molecule has 2 aromatic rings. The molecule has 2 aromatic carbocycles. The molecule has 3 rings (SSSR count). The number of rotatable bonds is 7. The Hall–Kier alpha value is -3.13. The summed E-state index contributed by atoms with van der Waals surface area (Å²) < 4.78 is 10.3. The summed E-state index contributed by atoms with van der Waals surface area (Å²) in [6.45, 7) is -0.683. The predicted molar refractivity (Wildman–Crippen MR) is 104 cm³/mol. The monoisotopic (exact) mass is 377 g/mol. The quantitative estimate of drug-likeness (QED) is 0.528. The zero-order chi connectivity index (χ0) is 19.8. The van der Waals surface area contributed by atoms with E-state index in [0.29, 0.717) is 22.8 Å². The van der Waals surface area contributed by atoms with Crippen LogP contribution >= 0.6 is 0 Å². The Balaban J connectivity index is 1.47. The van der Waals surface area contributed by atoms with Crippen molar-refractivity contribution in [1.29, 1.82) is 5.26 Å². The summed E-state index contributed by atoms with van der Waals surface area (Å²) in [6, 6.07) is 16.2. The van der Waals surface area contributed by atoms with Gasteiger partial charge in [0, 0.05) is 5.56 Å². The van der Waals surface area contributed by atoms with Crippen LogP contribution in [-0.4, -0.2) is 25.0 Å². The third-order valence-electron chi connectivity index (χ3n) is 5.03. The van der Waals surface area contributed by atoms with E-state index < -0.39 is 5.97 Å². The molecule has 0 amide bonds. The summed E-state index contributed by atoms with van der Waals surface area (Å²) in [5.74, 6) is -0.00312. The number of para-hydroxylation sites is 1. The zero-order valence-electron chi connectivity index (χ0n) is 15.7. The Bertz CT molecular complexity index is 861. The van der Waals surface area contributed by atoms with Crippen LogP contribution in [0.3, 0.4) is 0 Å². The molecule has 0 heterocycles. The summed E-state index contributed by atoms with van der Waals surface area (Å²) in [6.07, 6.45) is 6.26. The number of nitriles is 1. The number of ether oxygens (including phenoxy) is 2. The van der Waals surface area contributed by atoms with E-state index in [1.165, 1.54) is 37.7 Å². The third-order valence-corrected chi connectivity index (χ3v) is 5.03. The lowest BCUT2D eigenvalue weighted by Gasteiger charge is -2.22. The number of Topliss-reactive ketones (excluding diaryl/α,β-unsaturated/α-hetero) is 1. The fourth-order valence-corrected chi connectivity index (χ4v) is 3.47. The van der Waals surface area contributed by atoms with Crippen LogP contribution in [0.15, 0.2) is 48.5 Å². The maximum Gasteiger partial charge on any atom is 0.344 e. The van der Waals surface area contributed by atoms with Crippen molar-refractivity contribution in [1.82, 2.24) is 0 Å². The molecule has 28 heavy (non-hydrogen) atoms. The molecule has 0 N–H and O–H groups in total. The first kappa shape index (κ1) is 19.6. The first-order valence-electron chi connectivity index (χ1n) is 9.58. The average Bonchev–Trinajstić information content (AvgIpc) is 2.77. The van der Waals surface area contributed by atoms with Gasteiger partial charge in [-0.05, 0) is 36.5 Å². The van der Waals surface area contributed by atoms with E-state index in [0.717, 1.165) is 0 Å². The fourth-order valence-electron chi connectivity index (χ4n) is 3.47. The van der Waals surface area contributed by atoms with Crippen LogP contribution < -0.4 is 4.74 Å². The third kappa shape index (κ3) is 5.20. The SMILES string of the molecule is N#Cc1ccccc1OCC(=O)OCC(=O)c1ccc(C2CCCCC2)cc1. The molecule has 5 heteroatoms. The van der Waals surface area contributed by atoms with Gasteiger partial charge in [-0.15, -0.1) is 0 Å². The van der Waals surface area contributed by atoms with Crippen molar-refractivity contribution in [2.75, 3.05) is 13.2 Å². The standard InChI is InChI=1S/C23H23NO4/c24-14-20-8-4-5-9-22(20)27-16-23(26)28-15-21(25)19-12-10-18(11-13-19)17-6-2-1-3-7-17/h4-5,8-13,17H,1-3,6-7,15-16H2. The number of hydrogen-bond donors (Lipinski definition) is 0. The minimum absolute atomic E-state index is 0.249. The van der Waals surface area contributed by atoms with Crippen LogP contribution in [-0.2, 0) is 9.53 Å². The summed E-state index contributed by atoms with van der Waals surface area (Å²) >= 11 is 0. The van der Waals surface area contributed by atoms with Gasteiger partial charge in [-0.3, -0.25) is 4.79 Å². The van der Waals surface area contributed by atoms with Gasteiger partial charge in [0.2, 0.25) is 0 Å².